The molecular formula is C15H20ClN5. The van der Waals surface area contributed by atoms with E-state index in [-0.39, 0.29) is 0 Å². The van der Waals surface area contributed by atoms with Gasteiger partial charge in [-0.2, -0.15) is 10.1 Å². The summed E-state index contributed by atoms with van der Waals surface area (Å²) >= 11 is 5.96. The van der Waals surface area contributed by atoms with Crippen LogP contribution in [0.25, 0.3) is 0 Å². The van der Waals surface area contributed by atoms with E-state index in [1.54, 1.807) is 6.20 Å². The average Bonchev–Trinajstić information content (AvgIpc) is 2.48. The van der Waals surface area contributed by atoms with Crippen LogP contribution >= 0.6 is 11.6 Å². The number of aryl methyl sites for hydroxylation is 1. The van der Waals surface area contributed by atoms with Gasteiger partial charge in [-0.05, 0) is 37.1 Å². The smallest absolute Gasteiger partial charge is 0.249 e. The Bertz CT molecular complexity index is 602. The first-order valence-electron chi connectivity index (χ1n) is 7.04. The predicted molar refractivity (Wildman–Crippen MR) is 87.5 cm³/mol. The Morgan fingerprint density at radius 3 is 2.86 bits per heavy atom. The van der Waals surface area contributed by atoms with Crippen LogP contribution in [0.5, 0.6) is 0 Å². The zero-order chi connectivity index (χ0) is 15.2. The van der Waals surface area contributed by atoms with Gasteiger partial charge in [0, 0.05) is 24.3 Å². The van der Waals surface area contributed by atoms with Crippen LogP contribution in [0.15, 0.2) is 24.4 Å². The Labute approximate surface area is 130 Å². The van der Waals surface area contributed by atoms with Crippen molar-refractivity contribution in [3.05, 3.63) is 35.0 Å². The molecule has 0 atom stereocenters. The van der Waals surface area contributed by atoms with Gasteiger partial charge in [0.05, 0.1) is 6.20 Å². The molecule has 0 fully saturated rings. The number of halogens is 1. The van der Waals surface area contributed by atoms with Crippen LogP contribution in [0.4, 0.5) is 17.5 Å². The van der Waals surface area contributed by atoms with Crippen molar-refractivity contribution in [3.8, 4) is 0 Å². The normalized spacial score (nSPS) is 10.5. The summed E-state index contributed by atoms with van der Waals surface area (Å²) < 4.78 is 0. The lowest BCUT2D eigenvalue weighted by Crippen LogP contribution is -2.20. The summed E-state index contributed by atoms with van der Waals surface area (Å²) in [6.07, 6.45) is 3.95. The highest BCUT2D eigenvalue weighted by Gasteiger charge is 2.07. The zero-order valence-corrected chi connectivity index (χ0v) is 13.4. The van der Waals surface area contributed by atoms with Crippen molar-refractivity contribution in [2.45, 2.75) is 26.7 Å². The Kier molecular flexibility index (Phi) is 5.33. The molecule has 1 aromatic heterocycles. The van der Waals surface area contributed by atoms with Crippen LogP contribution in [0.2, 0.25) is 5.02 Å². The fraction of sp³-hybridized carbons (Fsp3) is 0.400. The molecule has 112 valence electrons. The van der Waals surface area contributed by atoms with E-state index in [1.165, 1.54) is 0 Å². The molecule has 0 aliphatic carbocycles. The molecule has 0 aliphatic rings. The number of hydrogen-bond acceptors (Lipinski definition) is 5. The Balaban J connectivity index is 2.13. The second-order valence-electron chi connectivity index (χ2n) is 5.00. The third-order valence-electron chi connectivity index (χ3n) is 3.22. The molecule has 0 radical (unpaired) electrons. The lowest BCUT2D eigenvalue weighted by atomic mass is 10.2. The molecule has 2 aromatic rings. The van der Waals surface area contributed by atoms with Crippen molar-refractivity contribution in [2.75, 3.05) is 23.8 Å². The second kappa shape index (κ2) is 7.22. The predicted octanol–water partition coefficient (Wildman–Crippen LogP) is 3.81. The van der Waals surface area contributed by atoms with Crippen molar-refractivity contribution in [2.24, 2.45) is 0 Å². The summed E-state index contributed by atoms with van der Waals surface area (Å²) in [5.74, 6) is 1.30. The minimum absolute atomic E-state index is 0.487. The van der Waals surface area contributed by atoms with E-state index < -0.39 is 0 Å². The molecule has 1 aromatic carbocycles. The first-order chi connectivity index (χ1) is 10.1. The highest BCUT2D eigenvalue weighted by molar-refractivity contribution is 6.30. The van der Waals surface area contributed by atoms with Gasteiger partial charge in [-0.25, -0.2) is 0 Å². The lowest BCUT2D eigenvalue weighted by molar-refractivity contribution is 0.754. The molecule has 5 nitrogen and oxygen atoms in total. The maximum absolute atomic E-state index is 5.96. The molecule has 0 amide bonds. The van der Waals surface area contributed by atoms with Gasteiger partial charge in [0.1, 0.15) is 0 Å². The van der Waals surface area contributed by atoms with Crippen molar-refractivity contribution >= 4 is 29.1 Å². The van der Waals surface area contributed by atoms with Crippen LogP contribution < -0.4 is 10.2 Å². The number of aromatic nitrogens is 3. The first kappa shape index (κ1) is 15.5. The molecule has 0 saturated heterocycles. The Morgan fingerprint density at radius 1 is 1.33 bits per heavy atom. The van der Waals surface area contributed by atoms with Gasteiger partial charge < -0.3 is 10.2 Å². The molecule has 0 saturated carbocycles. The number of nitrogens with zero attached hydrogens (tertiary/aromatic N) is 4. The average molecular weight is 306 g/mol. The number of nitrogens with one attached hydrogen (secondary N) is 1. The third-order valence-corrected chi connectivity index (χ3v) is 3.45. The second-order valence-corrected chi connectivity index (χ2v) is 5.43. The van der Waals surface area contributed by atoms with E-state index in [4.69, 9.17) is 11.6 Å². The standard InChI is InChI=1S/C15H20ClN5/c1-4-5-8-21(3)14-10-17-20-15(19-14)18-13-7-6-12(16)9-11(13)2/h6-7,9-10H,4-5,8H2,1-3H3,(H,18,19,20). The number of rotatable bonds is 6. The van der Waals surface area contributed by atoms with Crippen LogP contribution in [-0.4, -0.2) is 28.8 Å². The van der Waals surface area contributed by atoms with Crippen LogP contribution in [0.3, 0.4) is 0 Å². The van der Waals surface area contributed by atoms with Gasteiger partial charge in [0.15, 0.2) is 5.82 Å². The number of unbranched alkanes of at least 4 members (excludes halogenated alkanes) is 1. The summed E-state index contributed by atoms with van der Waals surface area (Å²) in [5.41, 5.74) is 1.96. The zero-order valence-electron chi connectivity index (χ0n) is 12.6. The molecule has 0 bridgehead atoms. The van der Waals surface area contributed by atoms with Gasteiger partial charge in [-0.1, -0.05) is 24.9 Å². The van der Waals surface area contributed by atoms with Gasteiger partial charge in [0.2, 0.25) is 5.95 Å². The molecule has 6 heteroatoms. The molecule has 0 aliphatic heterocycles. The topological polar surface area (TPSA) is 53.9 Å². The number of benzene rings is 1. The van der Waals surface area contributed by atoms with E-state index in [2.05, 4.69) is 32.3 Å². The Hall–Kier alpha value is -1.88. The van der Waals surface area contributed by atoms with Crippen molar-refractivity contribution in [1.82, 2.24) is 15.2 Å². The van der Waals surface area contributed by atoms with E-state index in [0.717, 1.165) is 36.5 Å². The largest absolute Gasteiger partial charge is 0.358 e. The van der Waals surface area contributed by atoms with Crippen LogP contribution in [-0.2, 0) is 0 Å². The van der Waals surface area contributed by atoms with E-state index in [1.807, 2.05) is 32.2 Å². The molecule has 0 spiro atoms. The number of hydrogen-bond donors (Lipinski definition) is 1. The molecule has 1 N–H and O–H groups in total. The monoisotopic (exact) mass is 305 g/mol. The summed E-state index contributed by atoms with van der Waals surface area (Å²) in [4.78, 5) is 6.57. The minimum Gasteiger partial charge on any atom is -0.358 e. The summed E-state index contributed by atoms with van der Waals surface area (Å²) in [6.45, 7) is 5.11. The van der Waals surface area contributed by atoms with E-state index in [0.29, 0.717) is 11.0 Å². The fourth-order valence-corrected chi connectivity index (χ4v) is 2.16. The van der Waals surface area contributed by atoms with E-state index in [9.17, 15) is 0 Å². The highest BCUT2D eigenvalue weighted by atomic mass is 35.5. The maximum Gasteiger partial charge on any atom is 0.249 e. The quantitative estimate of drug-likeness (QED) is 0.879. The molecule has 2 rings (SSSR count). The van der Waals surface area contributed by atoms with Gasteiger partial charge in [-0.3, -0.25) is 0 Å². The Morgan fingerprint density at radius 2 is 2.14 bits per heavy atom. The summed E-state index contributed by atoms with van der Waals surface area (Å²) in [7, 11) is 2.01. The summed E-state index contributed by atoms with van der Waals surface area (Å²) in [5, 5.41) is 11.9. The maximum atomic E-state index is 5.96. The van der Waals surface area contributed by atoms with Crippen molar-refractivity contribution in [3.63, 3.8) is 0 Å². The van der Waals surface area contributed by atoms with E-state index >= 15 is 0 Å². The molecule has 0 unspecified atom stereocenters. The SMILES string of the molecule is CCCCN(C)c1cnnc(Nc2ccc(Cl)cc2C)n1. The van der Waals surface area contributed by atoms with Gasteiger partial charge >= 0.3 is 0 Å². The minimum atomic E-state index is 0.487. The third kappa shape index (κ3) is 4.29. The lowest BCUT2D eigenvalue weighted by Gasteiger charge is -2.17. The van der Waals surface area contributed by atoms with Crippen LogP contribution in [0, 0.1) is 6.92 Å². The summed E-state index contributed by atoms with van der Waals surface area (Å²) in [6, 6.07) is 5.64. The molecular weight excluding hydrogens is 286 g/mol. The fourth-order valence-electron chi connectivity index (χ4n) is 1.93. The highest BCUT2D eigenvalue weighted by Crippen LogP contribution is 2.22. The van der Waals surface area contributed by atoms with Crippen molar-refractivity contribution in [1.29, 1.82) is 0 Å². The molecule has 21 heavy (non-hydrogen) atoms. The van der Waals surface area contributed by atoms with Gasteiger partial charge in [-0.15, -0.1) is 5.10 Å². The number of anilines is 3. The molecule has 1 heterocycles. The van der Waals surface area contributed by atoms with Crippen LogP contribution in [0.1, 0.15) is 25.3 Å². The first-order valence-corrected chi connectivity index (χ1v) is 7.42. The van der Waals surface area contributed by atoms with Crippen molar-refractivity contribution < 1.29 is 0 Å². The van der Waals surface area contributed by atoms with Gasteiger partial charge in [0.25, 0.3) is 0 Å².